The van der Waals surface area contributed by atoms with E-state index >= 15 is 0 Å². The Morgan fingerprint density at radius 2 is 1.70 bits per heavy atom. The Kier molecular flexibility index (Phi) is 5.58. The van der Waals surface area contributed by atoms with Gasteiger partial charge in [-0.15, -0.1) is 0 Å². The van der Waals surface area contributed by atoms with E-state index in [9.17, 15) is 0 Å². The lowest BCUT2D eigenvalue weighted by Crippen LogP contribution is -2.25. The van der Waals surface area contributed by atoms with Crippen molar-refractivity contribution in [3.63, 3.8) is 0 Å². The molecule has 1 saturated heterocycles. The lowest BCUT2D eigenvalue weighted by molar-refractivity contribution is 0.726. The number of nitrogens with one attached hydrogen (secondary N) is 1. The van der Waals surface area contributed by atoms with E-state index in [4.69, 9.17) is 9.97 Å². The van der Waals surface area contributed by atoms with Gasteiger partial charge in [-0.2, -0.15) is 0 Å². The van der Waals surface area contributed by atoms with Crippen LogP contribution in [-0.2, 0) is 6.54 Å². The van der Waals surface area contributed by atoms with Crippen molar-refractivity contribution in [3.8, 4) is 11.4 Å². The highest BCUT2D eigenvalue weighted by atomic mass is 15.2. The van der Waals surface area contributed by atoms with Crippen LogP contribution in [0, 0.1) is 0 Å². The molecule has 1 aliphatic heterocycles. The maximum Gasteiger partial charge on any atom is 0.163 e. The number of nitrogens with zero attached hydrogens (tertiary/aromatic N) is 4. The van der Waals surface area contributed by atoms with Gasteiger partial charge < -0.3 is 10.2 Å². The minimum Gasteiger partial charge on any atom is -0.366 e. The van der Waals surface area contributed by atoms with Crippen molar-refractivity contribution in [1.82, 2.24) is 15.0 Å². The monoisotopic (exact) mass is 359 g/mol. The zero-order valence-electron chi connectivity index (χ0n) is 15.5. The normalized spacial score (nSPS) is 14.6. The predicted molar refractivity (Wildman–Crippen MR) is 110 cm³/mol. The van der Waals surface area contributed by atoms with Crippen LogP contribution in [0.1, 0.15) is 31.2 Å². The second-order valence-corrected chi connectivity index (χ2v) is 6.92. The number of hydrogen-bond acceptors (Lipinski definition) is 5. The van der Waals surface area contributed by atoms with Crippen LogP contribution < -0.4 is 10.2 Å². The predicted octanol–water partition coefficient (Wildman–Crippen LogP) is 4.53. The van der Waals surface area contributed by atoms with Crippen LogP contribution in [0.4, 0.5) is 11.6 Å². The van der Waals surface area contributed by atoms with Crippen LogP contribution in [-0.4, -0.2) is 28.0 Å². The van der Waals surface area contributed by atoms with Gasteiger partial charge in [0.2, 0.25) is 0 Å². The molecular formula is C22H25N5. The van der Waals surface area contributed by atoms with E-state index in [1.165, 1.54) is 25.7 Å². The molecule has 5 heteroatoms. The van der Waals surface area contributed by atoms with Gasteiger partial charge in [-0.25, -0.2) is 9.97 Å². The fraction of sp³-hybridized carbons (Fsp3) is 0.318. The van der Waals surface area contributed by atoms with Gasteiger partial charge >= 0.3 is 0 Å². The molecule has 3 heterocycles. The largest absolute Gasteiger partial charge is 0.366 e. The summed E-state index contributed by atoms with van der Waals surface area (Å²) < 4.78 is 0. The number of benzene rings is 1. The molecule has 1 aromatic carbocycles. The van der Waals surface area contributed by atoms with E-state index in [2.05, 4.69) is 39.5 Å². The summed E-state index contributed by atoms with van der Waals surface area (Å²) in [5.41, 5.74) is 2.17. The molecular weight excluding hydrogens is 334 g/mol. The first-order valence-corrected chi connectivity index (χ1v) is 9.71. The van der Waals surface area contributed by atoms with Gasteiger partial charge in [0.1, 0.15) is 11.6 Å². The van der Waals surface area contributed by atoms with Crippen molar-refractivity contribution in [1.29, 1.82) is 0 Å². The number of hydrogen-bond donors (Lipinski definition) is 1. The highest BCUT2D eigenvalue weighted by molar-refractivity contribution is 5.61. The molecule has 1 aliphatic rings. The Balaban J connectivity index is 1.63. The first-order chi connectivity index (χ1) is 13.4. The van der Waals surface area contributed by atoms with Gasteiger partial charge in [-0.1, -0.05) is 49.2 Å². The molecule has 27 heavy (non-hydrogen) atoms. The molecule has 0 spiro atoms. The third-order valence-electron chi connectivity index (χ3n) is 4.87. The molecule has 5 nitrogen and oxygen atoms in total. The first-order valence-electron chi connectivity index (χ1n) is 9.71. The van der Waals surface area contributed by atoms with Gasteiger partial charge in [0.25, 0.3) is 0 Å². The molecule has 2 aromatic heterocycles. The van der Waals surface area contributed by atoms with Crippen LogP contribution in [0.15, 0.2) is 60.9 Å². The average molecular weight is 359 g/mol. The molecule has 0 aliphatic carbocycles. The maximum atomic E-state index is 4.89. The first kappa shape index (κ1) is 17.5. The van der Waals surface area contributed by atoms with Gasteiger partial charge in [0.05, 0.1) is 0 Å². The summed E-state index contributed by atoms with van der Waals surface area (Å²) in [6.07, 6.45) is 8.73. The number of rotatable bonds is 5. The van der Waals surface area contributed by atoms with Crippen LogP contribution in [0.2, 0.25) is 0 Å². The van der Waals surface area contributed by atoms with Gasteiger partial charge in [0, 0.05) is 43.7 Å². The number of pyridine rings is 1. The Morgan fingerprint density at radius 3 is 2.44 bits per heavy atom. The molecule has 0 bridgehead atoms. The van der Waals surface area contributed by atoms with E-state index in [1.54, 1.807) is 6.20 Å². The molecule has 3 aromatic rings. The van der Waals surface area contributed by atoms with Gasteiger partial charge in [-0.05, 0) is 24.5 Å². The van der Waals surface area contributed by atoms with Crippen molar-refractivity contribution in [2.45, 2.75) is 32.2 Å². The SMILES string of the molecule is c1ccc(-c2nc(NCc3cccnc3)cc(N3CCCCCC3)n2)cc1. The summed E-state index contributed by atoms with van der Waals surface area (Å²) in [7, 11) is 0. The molecule has 1 fully saturated rings. The summed E-state index contributed by atoms with van der Waals surface area (Å²) in [5.74, 6) is 2.64. The Labute approximate surface area is 160 Å². The molecule has 0 unspecified atom stereocenters. The number of aromatic nitrogens is 3. The molecule has 0 atom stereocenters. The maximum absolute atomic E-state index is 4.89. The molecule has 0 saturated carbocycles. The average Bonchev–Trinajstić information content (AvgIpc) is 3.03. The van der Waals surface area contributed by atoms with Crippen molar-refractivity contribution in [3.05, 3.63) is 66.5 Å². The molecule has 0 radical (unpaired) electrons. The zero-order valence-corrected chi connectivity index (χ0v) is 15.5. The van der Waals surface area contributed by atoms with Gasteiger partial charge in [-0.3, -0.25) is 4.98 Å². The summed E-state index contributed by atoms with van der Waals surface area (Å²) >= 11 is 0. The van der Waals surface area contributed by atoms with Crippen LogP contribution >= 0.6 is 0 Å². The topological polar surface area (TPSA) is 53.9 Å². The van der Waals surface area contributed by atoms with E-state index in [0.29, 0.717) is 6.54 Å². The van der Waals surface area contributed by atoms with Crippen LogP contribution in [0.25, 0.3) is 11.4 Å². The Bertz CT molecular complexity index is 843. The van der Waals surface area contributed by atoms with E-state index < -0.39 is 0 Å². The highest BCUT2D eigenvalue weighted by Crippen LogP contribution is 2.24. The zero-order chi connectivity index (χ0) is 18.3. The van der Waals surface area contributed by atoms with E-state index in [-0.39, 0.29) is 0 Å². The fourth-order valence-corrected chi connectivity index (χ4v) is 3.40. The van der Waals surface area contributed by atoms with Crippen LogP contribution in [0.5, 0.6) is 0 Å². The van der Waals surface area contributed by atoms with Crippen molar-refractivity contribution in [2.75, 3.05) is 23.3 Å². The van der Waals surface area contributed by atoms with Crippen molar-refractivity contribution in [2.24, 2.45) is 0 Å². The smallest absolute Gasteiger partial charge is 0.163 e. The Hall–Kier alpha value is -2.95. The second-order valence-electron chi connectivity index (χ2n) is 6.92. The molecule has 0 amide bonds. The lowest BCUT2D eigenvalue weighted by Gasteiger charge is -2.22. The standard InChI is InChI=1S/C22H25N5/c1-2-7-14-27(13-6-1)21-15-20(24-17-18-9-8-12-23-16-18)25-22(26-21)19-10-4-3-5-11-19/h3-5,8-12,15-16H,1-2,6-7,13-14,17H2,(H,24,25,26). The second kappa shape index (κ2) is 8.62. The summed E-state index contributed by atoms with van der Waals surface area (Å²) in [6, 6.07) is 16.3. The Morgan fingerprint density at radius 1 is 0.889 bits per heavy atom. The van der Waals surface area contributed by atoms with Crippen molar-refractivity contribution < 1.29 is 0 Å². The van der Waals surface area contributed by atoms with Crippen molar-refractivity contribution >= 4 is 11.6 Å². The highest BCUT2D eigenvalue weighted by Gasteiger charge is 2.14. The third-order valence-corrected chi connectivity index (χ3v) is 4.87. The molecule has 1 N–H and O–H groups in total. The third kappa shape index (κ3) is 4.61. The summed E-state index contributed by atoms with van der Waals surface area (Å²) in [5, 5.41) is 3.45. The van der Waals surface area contributed by atoms with E-state index in [0.717, 1.165) is 41.7 Å². The molecule has 138 valence electrons. The fourth-order valence-electron chi connectivity index (χ4n) is 3.40. The summed E-state index contributed by atoms with van der Waals surface area (Å²) in [4.78, 5) is 16.2. The summed E-state index contributed by atoms with van der Waals surface area (Å²) in [6.45, 7) is 2.82. The van der Waals surface area contributed by atoms with Crippen LogP contribution in [0.3, 0.4) is 0 Å². The minimum absolute atomic E-state index is 0.693. The molecule has 4 rings (SSSR count). The lowest BCUT2D eigenvalue weighted by atomic mass is 10.2. The number of anilines is 2. The quantitative estimate of drug-likeness (QED) is 0.725. The van der Waals surface area contributed by atoms with Gasteiger partial charge in [0.15, 0.2) is 5.82 Å². The van der Waals surface area contributed by atoms with E-state index in [1.807, 2.05) is 30.5 Å². The minimum atomic E-state index is 0.693.